The third kappa shape index (κ3) is 6.84. The monoisotopic (exact) mass is 705 g/mol. The highest BCUT2D eigenvalue weighted by molar-refractivity contribution is 8.00. The second kappa shape index (κ2) is 14.0. The molecule has 0 aliphatic carbocycles. The van der Waals surface area contributed by atoms with E-state index < -0.39 is 23.7 Å². The van der Waals surface area contributed by atoms with Crippen molar-refractivity contribution in [3.63, 3.8) is 0 Å². The summed E-state index contributed by atoms with van der Waals surface area (Å²) in [5.41, 5.74) is 6.01. The topological polar surface area (TPSA) is 252 Å². The minimum atomic E-state index is -1.18. The number of β-lactam (4-membered cyclic amide) rings is 1. The Morgan fingerprint density at radius 2 is 1.96 bits per heavy atom. The summed E-state index contributed by atoms with van der Waals surface area (Å²) in [6.07, 6.45) is 2.07. The van der Waals surface area contributed by atoms with Crippen LogP contribution in [0.4, 0.5) is 9.93 Å². The first-order chi connectivity index (χ1) is 22.8. The van der Waals surface area contributed by atoms with Gasteiger partial charge in [0.05, 0.1) is 17.3 Å². The first-order valence-corrected chi connectivity index (χ1v) is 16.4. The largest absolute Gasteiger partial charge is 0.519 e. The number of rotatable bonds is 7. The van der Waals surface area contributed by atoms with Gasteiger partial charge in [-0.15, -0.1) is 11.8 Å². The van der Waals surface area contributed by atoms with Crippen LogP contribution in [0.5, 0.6) is 0 Å². The summed E-state index contributed by atoms with van der Waals surface area (Å²) in [6.45, 7) is 5.51. The predicted octanol–water partition coefficient (Wildman–Crippen LogP) is 1.19. The molecule has 3 atom stereocenters. The van der Waals surface area contributed by atoms with E-state index in [0.717, 1.165) is 11.5 Å². The van der Waals surface area contributed by atoms with Gasteiger partial charge in [-0.05, 0) is 31.4 Å². The maximum absolute atomic E-state index is 13.2. The van der Waals surface area contributed by atoms with Crippen LogP contribution in [0.1, 0.15) is 44.0 Å². The molecule has 3 unspecified atom stereocenters. The Morgan fingerprint density at radius 1 is 1.21 bits per heavy atom. The van der Waals surface area contributed by atoms with Crippen LogP contribution in [0.2, 0.25) is 0 Å². The second-order valence-electron chi connectivity index (χ2n) is 11.1. The highest BCUT2D eigenvalue weighted by Crippen LogP contribution is 2.44. The Kier molecular flexibility index (Phi) is 10.0. The molecule has 0 bridgehead atoms. The van der Waals surface area contributed by atoms with Crippen LogP contribution in [0.25, 0.3) is 0 Å². The summed E-state index contributed by atoms with van der Waals surface area (Å²) in [5, 5.41) is 21.0. The number of anilines is 1. The quantitative estimate of drug-likeness (QED) is 0.120. The van der Waals surface area contributed by atoms with Crippen molar-refractivity contribution >= 4 is 63.8 Å². The molecule has 2 aromatic heterocycles. The summed E-state index contributed by atoms with van der Waals surface area (Å²) < 4.78 is 18.5. The molecule has 0 radical (unpaired) electrons. The van der Waals surface area contributed by atoms with Gasteiger partial charge in [-0.25, -0.2) is 14.4 Å². The number of hydrogen-bond donors (Lipinski definition) is 3. The summed E-state index contributed by atoms with van der Waals surface area (Å²) >= 11 is 2.44. The fraction of sp³-hybridized carbons (Fsp3) is 0.464. The van der Waals surface area contributed by atoms with Crippen molar-refractivity contribution in [1.82, 2.24) is 24.1 Å². The number of aromatic nitrogens is 2. The number of carbonyl (C=O) groups is 5. The Morgan fingerprint density at radius 3 is 2.56 bits per heavy atom. The number of nitrogens with zero attached hydrogens (tertiary/aromatic N) is 6. The minimum Gasteiger partial charge on any atom is -0.477 e. The number of carboxylic acids is 1. The van der Waals surface area contributed by atoms with Gasteiger partial charge in [-0.1, -0.05) is 12.1 Å². The lowest BCUT2D eigenvalue weighted by molar-refractivity contribution is -0.151. The van der Waals surface area contributed by atoms with Crippen LogP contribution in [0.15, 0.2) is 41.7 Å². The molecule has 4 aliphatic heterocycles. The molecule has 3 amide bonds. The fourth-order valence-electron chi connectivity index (χ4n) is 5.63. The fourth-order valence-corrected chi connectivity index (χ4v) is 7.40. The van der Waals surface area contributed by atoms with E-state index in [4.69, 9.17) is 24.5 Å². The van der Waals surface area contributed by atoms with E-state index in [0.29, 0.717) is 49.4 Å². The molecular weight excluding hydrogens is 674 g/mol. The van der Waals surface area contributed by atoms with Crippen molar-refractivity contribution in [2.24, 2.45) is 11.1 Å². The molecule has 0 spiro atoms. The Labute approximate surface area is 280 Å². The van der Waals surface area contributed by atoms with Crippen molar-refractivity contribution in [3.8, 4) is 0 Å². The molecule has 18 nitrogen and oxygen atoms in total. The van der Waals surface area contributed by atoms with E-state index in [-0.39, 0.29) is 69.6 Å². The Balaban J connectivity index is 0.000000318. The molecule has 4 N–H and O–H groups in total. The predicted molar refractivity (Wildman–Crippen MR) is 167 cm³/mol. The highest BCUT2D eigenvalue weighted by Gasteiger charge is 2.51. The number of thioether (sulfide) groups is 1. The first-order valence-electron chi connectivity index (χ1n) is 14.6. The number of nitrogens with two attached hydrogens (primary N) is 1. The van der Waals surface area contributed by atoms with Crippen molar-refractivity contribution < 1.29 is 47.9 Å². The Bertz CT molecular complexity index is 1810. The van der Waals surface area contributed by atoms with Gasteiger partial charge in [0, 0.05) is 49.4 Å². The summed E-state index contributed by atoms with van der Waals surface area (Å²) in [4.78, 5) is 79.9. The summed E-state index contributed by atoms with van der Waals surface area (Å²) in [6, 6.07) is -0.194. The van der Waals surface area contributed by atoms with E-state index in [1.807, 2.05) is 0 Å². The van der Waals surface area contributed by atoms with E-state index in [1.165, 1.54) is 35.4 Å². The number of amides is 3. The number of ketones is 1. The molecular formula is C28H31N7O11S2. The van der Waals surface area contributed by atoms with Crippen molar-refractivity contribution in [2.75, 3.05) is 31.1 Å². The van der Waals surface area contributed by atoms with Gasteiger partial charge in [-0.3, -0.25) is 19.3 Å². The van der Waals surface area contributed by atoms with Gasteiger partial charge >= 0.3 is 17.9 Å². The molecule has 0 aromatic carbocycles. The van der Waals surface area contributed by atoms with Gasteiger partial charge in [0.25, 0.3) is 0 Å². The summed E-state index contributed by atoms with van der Waals surface area (Å²) in [7, 11) is 0. The highest BCUT2D eigenvalue weighted by atomic mass is 32.2. The number of fused-ring (bicyclic) bond motifs is 1. The number of ether oxygens (including phenoxy) is 1. The number of allylic oxidation sites excluding steroid dienone is 1. The van der Waals surface area contributed by atoms with Crippen LogP contribution < -0.4 is 11.6 Å². The number of carboxylic acid groups (broad SMARTS) is 1. The number of likely N-dealkylation sites (tertiary alicyclic amines) is 2. The number of Topliss-reactive ketones (excluding diaryl/α,β-unsaturated/α-hetero) is 1. The normalized spacial score (nSPS) is 23.2. The zero-order valence-electron chi connectivity index (χ0n) is 25.9. The number of carbonyl (C=O) groups excluding carboxylic acids is 4. The van der Waals surface area contributed by atoms with Crippen LogP contribution in [0, 0.1) is 12.8 Å². The smallest absolute Gasteiger partial charge is 0.477 e. The molecule has 6 heterocycles. The molecule has 20 heteroatoms. The van der Waals surface area contributed by atoms with Crippen LogP contribution >= 0.6 is 23.3 Å². The van der Waals surface area contributed by atoms with E-state index >= 15 is 0 Å². The van der Waals surface area contributed by atoms with Gasteiger partial charge in [-0.2, -0.15) is 9.36 Å². The lowest BCUT2D eigenvalue weighted by Gasteiger charge is -2.48. The molecule has 48 heavy (non-hydrogen) atoms. The second-order valence-corrected chi connectivity index (χ2v) is 13.0. The first kappa shape index (κ1) is 34.4. The van der Waals surface area contributed by atoms with Crippen molar-refractivity contribution in [1.29, 1.82) is 0 Å². The van der Waals surface area contributed by atoms with Gasteiger partial charge < -0.3 is 39.4 Å². The average Bonchev–Trinajstić information content (AvgIpc) is 3.84. The van der Waals surface area contributed by atoms with Gasteiger partial charge in [0.1, 0.15) is 5.70 Å². The SMILES string of the molecule is CC(=O)/C(=N\O)c1nsc(N)n1.Cc1oc(=O)oc1COC(=O)N1CCC(N2CC/C(=C\C3=C(C(=O)O)N4C(=O)C(C)C4SC3)C2=O)C1. The van der Waals surface area contributed by atoms with E-state index in [2.05, 4.69) is 14.5 Å². The van der Waals surface area contributed by atoms with Gasteiger partial charge in [0.2, 0.25) is 17.6 Å². The molecule has 4 aliphatic rings. The van der Waals surface area contributed by atoms with Crippen molar-refractivity contribution in [3.05, 3.63) is 50.9 Å². The van der Waals surface area contributed by atoms with Crippen molar-refractivity contribution in [2.45, 2.75) is 51.6 Å². The van der Waals surface area contributed by atoms with Crippen LogP contribution in [-0.4, -0.2) is 107 Å². The number of aliphatic carboxylic acids is 1. The zero-order valence-corrected chi connectivity index (χ0v) is 27.5. The molecule has 3 fully saturated rings. The lowest BCUT2D eigenvalue weighted by atomic mass is 9.97. The average molecular weight is 706 g/mol. The third-order valence-electron chi connectivity index (χ3n) is 8.08. The van der Waals surface area contributed by atoms with E-state index in [9.17, 15) is 33.9 Å². The molecule has 2 aromatic rings. The number of oxime groups is 1. The number of nitrogen functional groups attached to an aromatic ring is 1. The standard InChI is InChI=1S/C23H25N3O9S.C5H6N4O2S/c1-11-18(27)26-17(21(29)30)14(10-36-20(11)26)7-13-3-6-25(19(13)28)15-4-5-24(8-15)22(31)33-9-16-12(2)34-23(32)35-16;1-2(10)3(8-11)4-7-5(6)12-9-4/h7,11,15,20H,3-6,8-10H2,1-2H3,(H,29,30);11H,1H3,(H2,6,7,9)/b13-7+;8-3+. The zero-order chi connectivity index (χ0) is 34.9. The molecule has 256 valence electrons. The lowest BCUT2D eigenvalue weighted by Crippen LogP contribution is -2.60. The Hall–Kier alpha value is -4.98. The maximum Gasteiger partial charge on any atom is 0.519 e. The van der Waals surface area contributed by atoms with Crippen LogP contribution in [0.3, 0.4) is 0 Å². The third-order valence-corrected chi connectivity index (χ3v) is 10.1. The minimum absolute atomic E-state index is 0.0425. The maximum atomic E-state index is 13.2. The van der Waals surface area contributed by atoms with Gasteiger partial charge in [0.15, 0.2) is 34.8 Å². The molecule has 3 saturated heterocycles. The summed E-state index contributed by atoms with van der Waals surface area (Å²) in [5.74, 6) is -2.22. The van der Waals surface area contributed by atoms with Crippen LogP contribution in [-0.2, 0) is 30.5 Å². The molecule has 0 saturated carbocycles. The number of hydrogen-bond acceptors (Lipinski definition) is 16. The number of aryl methyl sites for hydroxylation is 1. The van der Waals surface area contributed by atoms with E-state index in [1.54, 1.807) is 17.9 Å². The molecule has 6 rings (SSSR count).